The first kappa shape index (κ1) is 9.64. The van der Waals surface area contributed by atoms with Crippen molar-refractivity contribution in [3.05, 3.63) is 28.5 Å². The van der Waals surface area contributed by atoms with Crippen molar-refractivity contribution >= 4 is 15.9 Å². The third-order valence-corrected chi connectivity index (χ3v) is 2.33. The minimum atomic E-state index is -0.564. The molecule has 0 radical (unpaired) electrons. The summed E-state index contributed by atoms with van der Waals surface area (Å²) < 4.78 is 0.693. The highest BCUT2D eigenvalue weighted by atomic mass is 79.9. The van der Waals surface area contributed by atoms with E-state index in [9.17, 15) is 5.11 Å². The Morgan fingerprint density at radius 3 is 2.83 bits per heavy atom. The van der Waals surface area contributed by atoms with E-state index >= 15 is 0 Å². The predicted octanol–water partition coefficient (Wildman–Crippen LogP) is 1.22. The van der Waals surface area contributed by atoms with Crippen LogP contribution in [0.2, 0.25) is 0 Å². The molecule has 0 amide bonds. The number of aromatic nitrogens is 1. The average Bonchev–Trinajstić information content (AvgIpc) is 2.04. The van der Waals surface area contributed by atoms with Gasteiger partial charge in [-0.2, -0.15) is 0 Å². The fourth-order valence-corrected chi connectivity index (χ4v) is 1.42. The molecule has 1 aromatic rings. The zero-order chi connectivity index (χ0) is 9.14. The molecule has 1 unspecified atom stereocenters. The maximum Gasteiger partial charge on any atom is 0.110 e. The second-order valence-corrected chi connectivity index (χ2v) is 3.40. The highest BCUT2D eigenvalue weighted by Crippen LogP contribution is 2.21. The Bertz CT molecular complexity index is 265. The van der Waals surface area contributed by atoms with Crippen LogP contribution < -0.4 is 5.73 Å². The number of halogens is 1. The highest BCUT2D eigenvalue weighted by molar-refractivity contribution is 9.10. The first-order chi connectivity index (χ1) is 5.63. The van der Waals surface area contributed by atoms with Crippen molar-refractivity contribution in [3.8, 4) is 0 Å². The van der Waals surface area contributed by atoms with Crippen LogP contribution in [0.25, 0.3) is 0 Å². The molecule has 1 heterocycles. The Kier molecular flexibility index (Phi) is 3.20. The SMILES string of the molecule is CC(O)[C@@H](N)c1cccnc1Br. The Morgan fingerprint density at radius 1 is 1.67 bits per heavy atom. The van der Waals surface area contributed by atoms with Crippen molar-refractivity contribution in [2.24, 2.45) is 5.73 Å². The summed E-state index contributed by atoms with van der Waals surface area (Å²) in [6.45, 7) is 1.66. The second-order valence-electron chi connectivity index (χ2n) is 2.65. The van der Waals surface area contributed by atoms with Gasteiger partial charge in [-0.25, -0.2) is 4.98 Å². The van der Waals surface area contributed by atoms with Gasteiger partial charge < -0.3 is 10.8 Å². The van der Waals surface area contributed by atoms with Gasteiger partial charge in [0.15, 0.2) is 0 Å². The molecule has 12 heavy (non-hydrogen) atoms. The van der Waals surface area contributed by atoms with Crippen molar-refractivity contribution in [1.82, 2.24) is 4.98 Å². The van der Waals surface area contributed by atoms with Crippen LogP contribution in [0.4, 0.5) is 0 Å². The molecule has 2 atom stereocenters. The van der Waals surface area contributed by atoms with E-state index in [2.05, 4.69) is 20.9 Å². The molecule has 3 nitrogen and oxygen atoms in total. The second kappa shape index (κ2) is 3.98. The monoisotopic (exact) mass is 230 g/mol. The number of aliphatic hydroxyl groups excluding tert-OH is 1. The van der Waals surface area contributed by atoms with Gasteiger partial charge in [-0.1, -0.05) is 6.07 Å². The lowest BCUT2D eigenvalue weighted by Gasteiger charge is -2.15. The van der Waals surface area contributed by atoms with Crippen LogP contribution in [-0.4, -0.2) is 16.2 Å². The molecule has 0 saturated carbocycles. The molecule has 66 valence electrons. The summed E-state index contributed by atoms with van der Waals surface area (Å²) in [4.78, 5) is 4.01. The molecule has 0 aliphatic rings. The summed E-state index contributed by atoms with van der Waals surface area (Å²) in [5.41, 5.74) is 6.55. The fraction of sp³-hybridized carbons (Fsp3) is 0.375. The third-order valence-electron chi connectivity index (χ3n) is 1.67. The Labute approximate surface area is 79.7 Å². The number of nitrogens with zero attached hydrogens (tertiary/aromatic N) is 1. The summed E-state index contributed by atoms with van der Waals surface area (Å²) in [6, 6.07) is 3.25. The molecule has 1 aromatic heterocycles. The smallest absolute Gasteiger partial charge is 0.110 e. The standard InChI is InChI=1S/C8H11BrN2O/c1-5(12)7(10)6-3-2-4-11-8(6)9/h2-5,7,12H,10H2,1H3/t5?,7-/m1/s1. The molecule has 0 fully saturated rings. The molecule has 0 bridgehead atoms. The van der Waals surface area contributed by atoms with E-state index in [1.165, 1.54) is 0 Å². The molecule has 0 saturated heterocycles. The first-order valence-corrected chi connectivity index (χ1v) is 4.46. The molecule has 4 heteroatoms. The van der Waals surface area contributed by atoms with Gasteiger partial charge in [0.2, 0.25) is 0 Å². The molecular weight excluding hydrogens is 220 g/mol. The van der Waals surface area contributed by atoms with E-state index < -0.39 is 6.10 Å². The third kappa shape index (κ3) is 2.03. The Balaban J connectivity index is 2.94. The van der Waals surface area contributed by atoms with Crippen LogP contribution >= 0.6 is 15.9 Å². The molecular formula is C8H11BrN2O. The lowest BCUT2D eigenvalue weighted by Crippen LogP contribution is -2.23. The maximum atomic E-state index is 9.23. The highest BCUT2D eigenvalue weighted by Gasteiger charge is 2.14. The van der Waals surface area contributed by atoms with Gasteiger partial charge in [0, 0.05) is 11.8 Å². The quantitative estimate of drug-likeness (QED) is 0.752. The minimum Gasteiger partial charge on any atom is -0.391 e. The molecule has 0 aliphatic heterocycles. The van der Waals surface area contributed by atoms with Crippen LogP contribution in [0.3, 0.4) is 0 Å². The van der Waals surface area contributed by atoms with Gasteiger partial charge >= 0.3 is 0 Å². The maximum absolute atomic E-state index is 9.23. The summed E-state index contributed by atoms with van der Waals surface area (Å²) in [5, 5.41) is 9.23. The van der Waals surface area contributed by atoms with E-state index in [0.29, 0.717) is 4.60 Å². The van der Waals surface area contributed by atoms with Gasteiger partial charge in [-0.05, 0) is 28.9 Å². The van der Waals surface area contributed by atoms with Crippen molar-refractivity contribution in [2.45, 2.75) is 19.1 Å². The topological polar surface area (TPSA) is 59.1 Å². The van der Waals surface area contributed by atoms with Crippen LogP contribution in [0.15, 0.2) is 22.9 Å². The summed E-state index contributed by atoms with van der Waals surface area (Å²) in [6.07, 6.45) is 1.10. The Morgan fingerprint density at radius 2 is 2.33 bits per heavy atom. The van der Waals surface area contributed by atoms with Crippen molar-refractivity contribution in [1.29, 1.82) is 0 Å². The van der Waals surface area contributed by atoms with Crippen LogP contribution in [0.1, 0.15) is 18.5 Å². The van der Waals surface area contributed by atoms with E-state index in [1.807, 2.05) is 6.07 Å². The predicted molar refractivity (Wildman–Crippen MR) is 50.5 cm³/mol. The molecule has 0 spiro atoms. The lowest BCUT2D eigenvalue weighted by atomic mass is 10.1. The van der Waals surface area contributed by atoms with Crippen LogP contribution in [0.5, 0.6) is 0 Å². The molecule has 3 N–H and O–H groups in total. The summed E-state index contributed by atoms with van der Waals surface area (Å²) in [7, 11) is 0. The van der Waals surface area contributed by atoms with E-state index in [-0.39, 0.29) is 6.04 Å². The molecule has 1 rings (SSSR count). The number of pyridine rings is 1. The average molecular weight is 231 g/mol. The van der Waals surface area contributed by atoms with Gasteiger partial charge in [-0.3, -0.25) is 0 Å². The van der Waals surface area contributed by atoms with Crippen molar-refractivity contribution < 1.29 is 5.11 Å². The first-order valence-electron chi connectivity index (χ1n) is 3.67. The van der Waals surface area contributed by atoms with E-state index in [4.69, 9.17) is 5.73 Å². The number of rotatable bonds is 2. The number of hydrogen-bond acceptors (Lipinski definition) is 3. The summed E-state index contributed by atoms with van der Waals surface area (Å²) in [5.74, 6) is 0. The van der Waals surface area contributed by atoms with E-state index in [0.717, 1.165) is 5.56 Å². The van der Waals surface area contributed by atoms with Gasteiger partial charge in [0.05, 0.1) is 12.1 Å². The van der Waals surface area contributed by atoms with Gasteiger partial charge in [-0.15, -0.1) is 0 Å². The number of nitrogens with two attached hydrogens (primary N) is 1. The fourth-order valence-electron chi connectivity index (χ4n) is 0.907. The van der Waals surface area contributed by atoms with Gasteiger partial charge in [0.1, 0.15) is 4.60 Å². The number of hydrogen-bond donors (Lipinski definition) is 2. The van der Waals surface area contributed by atoms with Gasteiger partial charge in [0.25, 0.3) is 0 Å². The zero-order valence-corrected chi connectivity index (χ0v) is 8.32. The van der Waals surface area contributed by atoms with Crippen LogP contribution in [-0.2, 0) is 0 Å². The number of aliphatic hydroxyl groups is 1. The van der Waals surface area contributed by atoms with E-state index in [1.54, 1.807) is 19.2 Å². The van der Waals surface area contributed by atoms with Crippen molar-refractivity contribution in [3.63, 3.8) is 0 Å². The lowest BCUT2D eigenvalue weighted by molar-refractivity contribution is 0.164. The zero-order valence-electron chi connectivity index (χ0n) is 6.74. The minimum absolute atomic E-state index is 0.381. The normalized spacial score (nSPS) is 15.7. The summed E-state index contributed by atoms with van der Waals surface area (Å²) >= 11 is 3.26. The van der Waals surface area contributed by atoms with Crippen LogP contribution in [0, 0.1) is 0 Å². The van der Waals surface area contributed by atoms with Crippen molar-refractivity contribution in [2.75, 3.05) is 0 Å². The molecule has 0 aliphatic carbocycles. The largest absolute Gasteiger partial charge is 0.391 e. The Hall–Kier alpha value is -0.450. The molecule has 0 aromatic carbocycles.